The van der Waals surface area contributed by atoms with Crippen molar-refractivity contribution in [2.24, 2.45) is 0 Å². The smallest absolute Gasteiger partial charge is 0.326 e. The van der Waals surface area contributed by atoms with Crippen molar-refractivity contribution in [3.05, 3.63) is 59.2 Å². The van der Waals surface area contributed by atoms with Crippen molar-refractivity contribution in [2.75, 3.05) is 23.5 Å². The van der Waals surface area contributed by atoms with Crippen LogP contribution < -0.4 is 5.32 Å². The topological polar surface area (TPSA) is 75.6 Å². The Bertz CT molecular complexity index is 1040. The highest BCUT2D eigenvalue weighted by molar-refractivity contribution is 7.99. The quantitative estimate of drug-likeness (QED) is 0.246. The van der Waals surface area contributed by atoms with Gasteiger partial charge in [-0.1, -0.05) is 62.6 Å². The number of aryl methyl sites for hydroxylation is 2. The Kier molecular flexibility index (Phi) is 13.0. The van der Waals surface area contributed by atoms with Crippen molar-refractivity contribution in [2.45, 2.75) is 83.5 Å². The van der Waals surface area contributed by atoms with E-state index in [1.807, 2.05) is 61.3 Å². The molecule has 1 fully saturated rings. The fraction of sp³-hybridized carbons (Fsp3) is 0.548. The molecule has 1 saturated carbocycles. The maximum absolute atomic E-state index is 13.3. The number of hydrogen-bond donors (Lipinski definition) is 2. The van der Waals surface area contributed by atoms with Crippen LogP contribution in [0.1, 0.15) is 73.4 Å². The predicted molar refractivity (Wildman–Crippen MR) is 162 cm³/mol. The van der Waals surface area contributed by atoms with E-state index in [0.717, 1.165) is 46.6 Å². The first kappa shape index (κ1) is 30.6. The Labute approximate surface area is 236 Å². The molecule has 0 heterocycles. The van der Waals surface area contributed by atoms with E-state index in [2.05, 4.69) is 18.3 Å². The highest BCUT2D eigenvalue weighted by atomic mass is 32.2. The van der Waals surface area contributed by atoms with Crippen molar-refractivity contribution < 1.29 is 19.4 Å². The molecule has 3 rings (SSSR count). The minimum atomic E-state index is -1.00. The van der Waals surface area contributed by atoms with Crippen molar-refractivity contribution in [1.82, 2.24) is 5.32 Å². The summed E-state index contributed by atoms with van der Waals surface area (Å²) in [4.78, 5) is 25.1. The van der Waals surface area contributed by atoms with Gasteiger partial charge in [-0.25, -0.2) is 4.79 Å². The fourth-order valence-corrected chi connectivity index (χ4v) is 6.23. The monoisotopic (exact) mass is 557 g/mol. The van der Waals surface area contributed by atoms with Crippen LogP contribution >= 0.6 is 23.5 Å². The summed E-state index contributed by atoms with van der Waals surface area (Å²) >= 11 is 3.51. The van der Waals surface area contributed by atoms with E-state index in [9.17, 15) is 14.7 Å². The van der Waals surface area contributed by atoms with Crippen LogP contribution in [-0.2, 0) is 16.0 Å². The van der Waals surface area contributed by atoms with Gasteiger partial charge >= 0.3 is 5.97 Å². The summed E-state index contributed by atoms with van der Waals surface area (Å²) in [6.07, 6.45) is 10.9. The zero-order chi connectivity index (χ0) is 27.3. The molecule has 2 aromatic rings. The number of rotatable bonds is 15. The predicted octanol–water partition coefficient (Wildman–Crippen LogP) is 7.00. The number of thioether (sulfide) groups is 2. The lowest BCUT2D eigenvalue weighted by atomic mass is 9.92. The summed E-state index contributed by atoms with van der Waals surface area (Å²) < 4.78 is 6.57. The van der Waals surface area contributed by atoms with Gasteiger partial charge in [0.2, 0.25) is 0 Å². The molecule has 2 aromatic carbocycles. The summed E-state index contributed by atoms with van der Waals surface area (Å²) in [7, 11) is 0. The summed E-state index contributed by atoms with van der Waals surface area (Å²) in [5.74, 6) is 1.41. The lowest BCUT2D eigenvalue weighted by molar-refractivity contribution is -0.139. The number of nitrogens with one attached hydrogen (secondary N) is 1. The third kappa shape index (κ3) is 9.35. The highest BCUT2D eigenvalue weighted by Gasteiger charge is 2.23. The Hall–Kier alpha value is -1.96. The molecule has 7 heteroatoms. The average Bonchev–Trinajstić information content (AvgIpc) is 2.93. The second-order valence-electron chi connectivity index (χ2n) is 10.1. The first-order valence-corrected chi connectivity index (χ1v) is 16.4. The largest absolute Gasteiger partial charge is 0.480 e. The van der Waals surface area contributed by atoms with Gasteiger partial charge in [-0.05, 0) is 85.1 Å². The summed E-state index contributed by atoms with van der Waals surface area (Å²) in [5, 5.41) is 12.4. The van der Waals surface area contributed by atoms with Gasteiger partial charge in [0.05, 0.1) is 12.2 Å². The van der Waals surface area contributed by atoms with E-state index < -0.39 is 12.0 Å². The molecule has 0 aromatic heterocycles. The number of carbonyl (C=O) groups excluding carboxylic acids is 1. The standard InChI is InChI=1S/C31H43NO4S2/c1-4-38-21-25(36-24-11-6-5-7-12-24)16-14-23-15-17-27(28(20-23)26-13-9-8-10-22(26)2)30(33)32-29(31(34)35)18-19-37-3/h8-10,13,15,17,20,24-25,29H,4-7,11-12,14,16,18-19,21H2,1-3H3,(H,32,33)(H,34,35)/t25?,29-/m0/s1. The third-order valence-electron chi connectivity index (χ3n) is 7.18. The molecule has 1 aliphatic carbocycles. The molecule has 0 radical (unpaired) electrons. The molecule has 38 heavy (non-hydrogen) atoms. The molecule has 1 aliphatic rings. The van der Waals surface area contributed by atoms with Gasteiger partial charge in [0.1, 0.15) is 6.04 Å². The molecule has 1 amide bonds. The molecule has 1 unspecified atom stereocenters. The van der Waals surface area contributed by atoms with E-state index in [0.29, 0.717) is 23.8 Å². The minimum absolute atomic E-state index is 0.223. The van der Waals surface area contributed by atoms with Crippen molar-refractivity contribution >= 4 is 35.4 Å². The van der Waals surface area contributed by atoms with Crippen LogP contribution in [0, 0.1) is 6.92 Å². The first-order chi connectivity index (χ1) is 18.4. The van der Waals surface area contributed by atoms with Crippen molar-refractivity contribution in [1.29, 1.82) is 0 Å². The van der Waals surface area contributed by atoms with Crippen LogP contribution in [0.15, 0.2) is 42.5 Å². The zero-order valence-corrected chi connectivity index (χ0v) is 24.7. The Balaban J connectivity index is 1.82. The van der Waals surface area contributed by atoms with Crippen LogP contribution in [0.2, 0.25) is 0 Å². The van der Waals surface area contributed by atoms with E-state index >= 15 is 0 Å². The van der Waals surface area contributed by atoms with E-state index in [1.165, 1.54) is 32.1 Å². The maximum atomic E-state index is 13.3. The van der Waals surface area contributed by atoms with Gasteiger partial charge in [-0.15, -0.1) is 0 Å². The molecule has 0 aliphatic heterocycles. The minimum Gasteiger partial charge on any atom is -0.480 e. The van der Waals surface area contributed by atoms with E-state index in [-0.39, 0.29) is 12.0 Å². The van der Waals surface area contributed by atoms with Crippen molar-refractivity contribution in [3.8, 4) is 11.1 Å². The number of carbonyl (C=O) groups is 2. The highest BCUT2D eigenvalue weighted by Crippen LogP contribution is 2.30. The molecule has 208 valence electrons. The second kappa shape index (κ2) is 16.2. The number of hydrogen-bond acceptors (Lipinski definition) is 5. The lowest BCUT2D eigenvalue weighted by Crippen LogP contribution is -2.41. The summed E-state index contributed by atoms with van der Waals surface area (Å²) in [6.45, 7) is 4.23. The fourth-order valence-electron chi connectivity index (χ4n) is 5.01. The molecular formula is C31H43NO4S2. The average molecular weight is 558 g/mol. The zero-order valence-electron chi connectivity index (χ0n) is 23.0. The molecule has 2 N–H and O–H groups in total. The third-order valence-corrected chi connectivity index (χ3v) is 8.84. The molecule has 0 saturated heterocycles. The van der Waals surface area contributed by atoms with Crippen LogP contribution in [0.5, 0.6) is 0 Å². The van der Waals surface area contributed by atoms with Gasteiger partial charge in [0.25, 0.3) is 5.91 Å². The molecule has 5 nitrogen and oxygen atoms in total. The molecule has 0 bridgehead atoms. The van der Waals surface area contributed by atoms with Crippen LogP contribution in [0.25, 0.3) is 11.1 Å². The molecule has 0 spiro atoms. The maximum Gasteiger partial charge on any atom is 0.326 e. The van der Waals surface area contributed by atoms with Crippen LogP contribution in [-0.4, -0.2) is 58.7 Å². The van der Waals surface area contributed by atoms with Gasteiger partial charge in [-0.2, -0.15) is 23.5 Å². The normalized spacial score (nSPS) is 15.7. The first-order valence-electron chi connectivity index (χ1n) is 13.9. The van der Waals surface area contributed by atoms with Crippen molar-refractivity contribution in [3.63, 3.8) is 0 Å². The van der Waals surface area contributed by atoms with Gasteiger partial charge in [0, 0.05) is 11.3 Å². The Morgan fingerprint density at radius 1 is 1.08 bits per heavy atom. The summed E-state index contributed by atoms with van der Waals surface area (Å²) in [6, 6.07) is 13.1. The van der Waals surface area contributed by atoms with Gasteiger partial charge in [0.15, 0.2) is 0 Å². The van der Waals surface area contributed by atoms with E-state index in [4.69, 9.17) is 4.74 Å². The van der Waals surface area contributed by atoms with E-state index in [1.54, 1.807) is 11.8 Å². The van der Waals surface area contributed by atoms with Crippen LogP contribution in [0.4, 0.5) is 0 Å². The SMILES string of the molecule is CCSCC(CCc1ccc(C(=O)N[C@@H](CCSC)C(=O)O)c(-c2ccccc2C)c1)OC1CCCCC1. The summed E-state index contributed by atoms with van der Waals surface area (Å²) in [5.41, 5.74) is 4.59. The Morgan fingerprint density at radius 3 is 2.53 bits per heavy atom. The molecule has 2 atom stereocenters. The lowest BCUT2D eigenvalue weighted by Gasteiger charge is -2.27. The number of carboxylic acid groups (broad SMARTS) is 1. The number of amides is 1. The van der Waals surface area contributed by atoms with Crippen LogP contribution in [0.3, 0.4) is 0 Å². The number of aliphatic carboxylic acids is 1. The molecular weight excluding hydrogens is 514 g/mol. The Morgan fingerprint density at radius 2 is 1.84 bits per heavy atom. The second-order valence-corrected chi connectivity index (χ2v) is 12.4. The number of carboxylic acids is 1. The van der Waals surface area contributed by atoms with Gasteiger partial charge < -0.3 is 15.2 Å². The van der Waals surface area contributed by atoms with Gasteiger partial charge in [-0.3, -0.25) is 4.79 Å². The number of ether oxygens (including phenoxy) is 1. The number of benzene rings is 2.